The number of hydrogen-bond acceptors (Lipinski definition) is 2. The van der Waals surface area contributed by atoms with E-state index in [4.69, 9.17) is 4.42 Å². The molecule has 0 radical (unpaired) electrons. The summed E-state index contributed by atoms with van der Waals surface area (Å²) in [5.74, 6) is 0.953. The van der Waals surface area contributed by atoms with Crippen molar-refractivity contribution in [1.29, 1.82) is 0 Å². The smallest absolute Gasteiger partial charge is 0.134 e. The predicted molar refractivity (Wildman–Crippen MR) is 91.9 cm³/mol. The first kappa shape index (κ1) is 14.2. The number of benzene rings is 2. The van der Waals surface area contributed by atoms with Crippen molar-refractivity contribution in [2.24, 2.45) is 0 Å². The molecule has 2 nitrogen and oxygen atoms in total. The van der Waals surface area contributed by atoms with Gasteiger partial charge < -0.3 is 9.73 Å². The summed E-state index contributed by atoms with van der Waals surface area (Å²) in [5, 5.41) is 4.66. The lowest BCUT2D eigenvalue weighted by Gasteiger charge is -2.15. The summed E-state index contributed by atoms with van der Waals surface area (Å²) in [7, 11) is 0. The van der Waals surface area contributed by atoms with Gasteiger partial charge in [-0.05, 0) is 56.2 Å². The Morgan fingerprint density at radius 3 is 2.38 bits per heavy atom. The Morgan fingerprint density at radius 2 is 1.71 bits per heavy atom. The lowest BCUT2D eigenvalue weighted by atomic mass is 10.1. The van der Waals surface area contributed by atoms with Crippen LogP contribution in [0.5, 0.6) is 0 Å². The molecular formula is C18H18BrNO. The average molecular weight is 344 g/mol. The molecule has 3 rings (SSSR count). The van der Waals surface area contributed by atoms with Gasteiger partial charge in [0.1, 0.15) is 11.3 Å². The molecule has 0 aliphatic heterocycles. The van der Waals surface area contributed by atoms with Crippen molar-refractivity contribution in [3.63, 3.8) is 0 Å². The minimum Gasteiger partial charge on any atom is -0.459 e. The van der Waals surface area contributed by atoms with Gasteiger partial charge in [-0.2, -0.15) is 0 Å². The number of nitrogens with one attached hydrogen (secondary N) is 1. The lowest BCUT2D eigenvalue weighted by Crippen LogP contribution is -2.06. The van der Waals surface area contributed by atoms with Crippen molar-refractivity contribution < 1.29 is 4.42 Å². The van der Waals surface area contributed by atoms with E-state index in [1.807, 2.05) is 18.2 Å². The Labute approximate surface area is 133 Å². The van der Waals surface area contributed by atoms with E-state index < -0.39 is 0 Å². The summed E-state index contributed by atoms with van der Waals surface area (Å²) in [6.07, 6.45) is 0. The van der Waals surface area contributed by atoms with Gasteiger partial charge in [-0.15, -0.1) is 0 Å². The van der Waals surface area contributed by atoms with Crippen LogP contribution in [0.1, 0.15) is 29.9 Å². The fraction of sp³-hybridized carbons (Fsp3) is 0.222. The van der Waals surface area contributed by atoms with Crippen LogP contribution in [-0.4, -0.2) is 0 Å². The van der Waals surface area contributed by atoms with Crippen molar-refractivity contribution in [3.05, 3.63) is 63.8 Å². The molecule has 3 heteroatoms. The number of hydrogen-bond donors (Lipinski definition) is 1. The summed E-state index contributed by atoms with van der Waals surface area (Å²) < 4.78 is 7.09. The van der Waals surface area contributed by atoms with Crippen LogP contribution >= 0.6 is 15.9 Å². The van der Waals surface area contributed by atoms with Crippen LogP contribution in [-0.2, 0) is 0 Å². The van der Waals surface area contributed by atoms with Gasteiger partial charge in [-0.25, -0.2) is 0 Å². The van der Waals surface area contributed by atoms with Gasteiger partial charge in [0.2, 0.25) is 0 Å². The molecule has 1 N–H and O–H groups in total. The van der Waals surface area contributed by atoms with Crippen molar-refractivity contribution in [1.82, 2.24) is 0 Å². The van der Waals surface area contributed by atoms with E-state index >= 15 is 0 Å². The van der Waals surface area contributed by atoms with Crippen LogP contribution in [0, 0.1) is 13.8 Å². The summed E-state index contributed by atoms with van der Waals surface area (Å²) in [6.45, 7) is 6.33. The van der Waals surface area contributed by atoms with Crippen LogP contribution in [0.25, 0.3) is 11.0 Å². The maximum Gasteiger partial charge on any atom is 0.134 e. The van der Waals surface area contributed by atoms with E-state index in [9.17, 15) is 0 Å². The molecule has 21 heavy (non-hydrogen) atoms. The van der Waals surface area contributed by atoms with Gasteiger partial charge >= 0.3 is 0 Å². The van der Waals surface area contributed by atoms with E-state index in [1.54, 1.807) is 0 Å². The Balaban J connectivity index is 1.87. The van der Waals surface area contributed by atoms with Gasteiger partial charge in [0.15, 0.2) is 0 Å². The molecule has 3 aromatic rings. The summed E-state index contributed by atoms with van der Waals surface area (Å²) in [5.41, 5.74) is 4.51. The summed E-state index contributed by atoms with van der Waals surface area (Å²) in [4.78, 5) is 0. The molecule has 1 heterocycles. The molecule has 1 atom stereocenters. The minimum atomic E-state index is 0.123. The van der Waals surface area contributed by atoms with E-state index in [-0.39, 0.29) is 6.04 Å². The van der Waals surface area contributed by atoms with Crippen LogP contribution in [0.15, 0.2) is 51.4 Å². The second-order valence-electron chi connectivity index (χ2n) is 5.48. The average Bonchev–Trinajstić information content (AvgIpc) is 2.88. The SMILES string of the molecule is Cc1cc(NC(C)c2cc3ccccc3o2)cc(C)c1Br. The van der Waals surface area contributed by atoms with E-state index in [0.29, 0.717) is 0 Å². The Kier molecular flexibility index (Phi) is 3.77. The predicted octanol–water partition coefficient (Wildman–Crippen LogP) is 5.99. The molecule has 108 valence electrons. The highest BCUT2D eigenvalue weighted by molar-refractivity contribution is 9.10. The molecule has 0 aliphatic rings. The highest BCUT2D eigenvalue weighted by atomic mass is 79.9. The second-order valence-corrected chi connectivity index (χ2v) is 6.27. The molecule has 2 aromatic carbocycles. The third-order valence-corrected chi connectivity index (χ3v) is 4.94. The molecule has 0 bridgehead atoms. The highest BCUT2D eigenvalue weighted by Gasteiger charge is 2.12. The first-order chi connectivity index (χ1) is 10.0. The van der Waals surface area contributed by atoms with Gasteiger partial charge in [-0.1, -0.05) is 34.1 Å². The number of para-hydroxylation sites is 1. The van der Waals surface area contributed by atoms with Gasteiger partial charge in [0.05, 0.1) is 6.04 Å². The summed E-state index contributed by atoms with van der Waals surface area (Å²) >= 11 is 3.60. The maximum absolute atomic E-state index is 5.91. The molecule has 0 saturated heterocycles. The monoisotopic (exact) mass is 343 g/mol. The maximum atomic E-state index is 5.91. The normalized spacial score (nSPS) is 12.6. The molecular weight excluding hydrogens is 326 g/mol. The third-order valence-electron chi connectivity index (χ3n) is 3.69. The van der Waals surface area contributed by atoms with Gasteiger partial charge in [-0.3, -0.25) is 0 Å². The van der Waals surface area contributed by atoms with Crippen LogP contribution < -0.4 is 5.32 Å². The standard InChI is InChI=1S/C18H18BrNO/c1-11-8-15(9-12(2)18(11)19)20-13(3)17-10-14-6-4-5-7-16(14)21-17/h4-10,13,20H,1-3H3. The zero-order chi connectivity index (χ0) is 15.0. The molecule has 1 aromatic heterocycles. The van der Waals surface area contributed by atoms with Crippen LogP contribution in [0.3, 0.4) is 0 Å². The van der Waals surface area contributed by atoms with E-state index in [1.165, 1.54) is 15.6 Å². The third kappa shape index (κ3) is 2.84. The molecule has 0 aliphatic carbocycles. The Morgan fingerprint density at radius 1 is 1.05 bits per heavy atom. The second kappa shape index (κ2) is 5.57. The fourth-order valence-electron chi connectivity index (χ4n) is 2.57. The van der Waals surface area contributed by atoms with Crippen molar-refractivity contribution in [2.45, 2.75) is 26.8 Å². The first-order valence-corrected chi connectivity index (χ1v) is 7.85. The van der Waals surface area contributed by atoms with E-state index in [0.717, 1.165) is 22.4 Å². The first-order valence-electron chi connectivity index (χ1n) is 7.06. The van der Waals surface area contributed by atoms with Crippen molar-refractivity contribution in [3.8, 4) is 0 Å². The number of furan rings is 1. The van der Waals surface area contributed by atoms with Crippen LogP contribution in [0.4, 0.5) is 5.69 Å². The molecule has 0 saturated carbocycles. The zero-order valence-corrected chi connectivity index (χ0v) is 14.0. The fourth-order valence-corrected chi connectivity index (χ4v) is 2.80. The minimum absolute atomic E-state index is 0.123. The van der Waals surface area contributed by atoms with Gasteiger partial charge in [0, 0.05) is 15.5 Å². The highest BCUT2D eigenvalue weighted by Crippen LogP contribution is 2.29. The van der Waals surface area contributed by atoms with E-state index in [2.05, 4.69) is 66.3 Å². The number of fused-ring (bicyclic) bond motifs is 1. The quantitative estimate of drug-likeness (QED) is 0.632. The van der Waals surface area contributed by atoms with Gasteiger partial charge in [0.25, 0.3) is 0 Å². The van der Waals surface area contributed by atoms with Crippen molar-refractivity contribution >= 4 is 32.6 Å². The lowest BCUT2D eigenvalue weighted by molar-refractivity contribution is 0.526. The Bertz CT molecular complexity index is 735. The largest absolute Gasteiger partial charge is 0.459 e. The van der Waals surface area contributed by atoms with Crippen LogP contribution in [0.2, 0.25) is 0 Å². The number of rotatable bonds is 3. The summed E-state index contributed by atoms with van der Waals surface area (Å²) in [6, 6.07) is 14.6. The molecule has 1 unspecified atom stereocenters. The topological polar surface area (TPSA) is 25.2 Å². The molecule has 0 spiro atoms. The number of anilines is 1. The van der Waals surface area contributed by atoms with Crippen molar-refractivity contribution in [2.75, 3.05) is 5.32 Å². The number of aryl methyl sites for hydroxylation is 2. The Hall–Kier alpha value is -1.74. The molecule has 0 fully saturated rings. The molecule has 0 amide bonds. The zero-order valence-electron chi connectivity index (χ0n) is 12.4. The number of halogens is 1.